The molecule has 1 aromatic heterocycles. The molecule has 0 aliphatic rings. The number of hydrogen-bond donors (Lipinski definition) is 2. The van der Waals surface area contributed by atoms with Crippen LogP contribution in [0.5, 0.6) is 5.75 Å². The first-order chi connectivity index (χ1) is 14.5. The number of hydroxylamine groups is 1. The monoisotopic (exact) mass is 427 g/mol. The summed E-state index contributed by atoms with van der Waals surface area (Å²) in [5, 5.41) is 8.83. The lowest BCUT2D eigenvalue weighted by molar-refractivity contribution is -0.129. The van der Waals surface area contributed by atoms with Gasteiger partial charge < -0.3 is 4.74 Å². The second-order valence-corrected chi connectivity index (χ2v) is 8.35. The molecule has 0 saturated carbocycles. The first-order valence-corrected chi connectivity index (χ1v) is 10.5. The fraction of sp³-hybridized carbons (Fsp3) is 0.143. The van der Waals surface area contributed by atoms with E-state index in [1.54, 1.807) is 30.5 Å². The zero-order valence-corrected chi connectivity index (χ0v) is 16.8. The largest absolute Gasteiger partial charge is 0.489 e. The van der Waals surface area contributed by atoms with Gasteiger partial charge in [0.1, 0.15) is 12.4 Å². The van der Waals surface area contributed by atoms with Gasteiger partial charge in [-0.3, -0.25) is 15.0 Å². The molecule has 3 aromatic rings. The topological polar surface area (TPSA) is 109 Å². The maximum Gasteiger partial charge on any atom is 0.258 e. The second kappa shape index (κ2) is 9.97. The maximum atomic E-state index is 13.1. The first-order valence-electron chi connectivity index (χ1n) is 9.08. The lowest BCUT2D eigenvalue weighted by atomic mass is 10.2. The molecule has 0 spiro atoms. The highest BCUT2D eigenvalue weighted by Gasteiger charge is 2.27. The van der Waals surface area contributed by atoms with E-state index in [4.69, 9.17) is 9.94 Å². The van der Waals surface area contributed by atoms with E-state index in [1.807, 2.05) is 30.3 Å². The Balaban J connectivity index is 1.76. The molecule has 0 aliphatic heterocycles. The lowest BCUT2D eigenvalue weighted by Gasteiger charge is -2.21. The number of rotatable bonds is 9. The van der Waals surface area contributed by atoms with Crippen molar-refractivity contribution in [2.24, 2.45) is 0 Å². The van der Waals surface area contributed by atoms with E-state index in [0.29, 0.717) is 17.9 Å². The van der Waals surface area contributed by atoms with Gasteiger partial charge in [-0.15, -0.1) is 0 Å². The van der Waals surface area contributed by atoms with Crippen LogP contribution in [0.15, 0.2) is 84.0 Å². The van der Waals surface area contributed by atoms with Crippen molar-refractivity contribution in [3.63, 3.8) is 0 Å². The number of benzene rings is 2. The normalized spacial score (nSPS) is 11.3. The molecule has 8 nitrogen and oxygen atoms in total. The molecular formula is C21H21N3O5S. The minimum absolute atomic E-state index is 0.00388. The Hall–Kier alpha value is -3.27. The van der Waals surface area contributed by atoms with Crippen LogP contribution in [0.3, 0.4) is 0 Å². The maximum absolute atomic E-state index is 13.1. The molecule has 0 unspecified atom stereocenters. The van der Waals surface area contributed by atoms with Gasteiger partial charge in [-0.1, -0.05) is 36.4 Å². The van der Waals surface area contributed by atoms with E-state index in [-0.39, 0.29) is 11.4 Å². The molecule has 1 heterocycles. The fourth-order valence-corrected chi connectivity index (χ4v) is 4.10. The van der Waals surface area contributed by atoms with Crippen molar-refractivity contribution in [3.05, 3.63) is 90.3 Å². The highest BCUT2D eigenvalue weighted by atomic mass is 32.2. The van der Waals surface area contributed by atoms with Gasteiger partial charge in [0.2, 0.25) is 10.0 Å². The van der Waals surface area contributed by atoms with Crippen molar-refractivity contribution in [1.29, 1.82) is 0 Å². The van der Waals surface area contributed by atoms with Crippen molar-refractivity contribution in [2.75, 3.05) is 6.54 Å². The summed E-state index contributed by atoms with van der Waals surface area (Å²) < 4.78 is 32.8. The SMILES string of the molecule is O=C(CN(Cc1cccnc1)S(=O)(=O)c1ccc(OCc2ccccc2)cc1)NO. The standard InChI is InChI=1S/C21H21N3O5S/c25-21(23-26)15-24(14-18-7-4-12-22-13-18)30(27,28)20-10-8-19(9-11-20)29-16-17-5-2-1-3-6-17/h1-13,26H,14-16H2,(H,23,25). The summed E-state index contributed by atoms with van der Waals surface area (Å²) in [5.41, 5.74) is 3.06. The minimum atomic E-state index is -4.01. The molecule has 30 heavy (non-hydrogen) atoms. The highest BCUT2D eigenvalue weighted by Crippen LogP contribution is 2.22. The number of hydrogen-bond acceptors (Lipinski definition) is 6. The van der Waals surface area contributed by atoms with Gasteiger partial charge in [0.15, 0.2) is 0 Å². The van der Waals surface area contributed by atoms with Gasteiger partial charge in [-0.2, -0.15) is 4.31 Å². The van der Waals surface area contributed by atoms with E-state index in [9.17, 15) is 13.2 Å². The molecule has 0 saturated heterocycles. The summed E-state index contributed by atoms with van der Waals surface area (Å²) in [7, 11) is -4.01. The third-order valence-electron chi connectivity index (χ3n) is 4.24. The number of carbonyl (C=O) groups is 1. The van der Waals surface area contributed by atoms with Crippen LogP contribution in [0.2, 0.25) is 0 Å². The van der Waals surface area contributed by atoms with Crippen LogP contribution in [0.25, 0.3) is 0 Å². The van der Waals surface area contributed by atoms with Gasteiger partial charge in [0.05, 0.1) is 11.4 Å². The van der Waals surface area contributed by atoms with Crippen LogP contribution >= 0.6 is 0 Å². The van der Waals surface area contributed by atoms with Crippen molar-refractivity contribution >= 4 is 15.9 Å². The summed E-state index contributed by atoms with van der Waals surface area (Å²) >= 11 is 0. The zero-order chi connectivity index (χ0) is 21.4. The Labute approximate surface area is 174 Å². The molecule has 0 radical (unpaired) electrons. The predicted octanol–water partition coefficient (Wildman–Crippen LogP) is 2.36. The van der Waals surface area contributed by atoms with E-state index >= 15 is 0 Å². The molecule has 3 rings (SSSR count). The number of nitrogens with one attached hydrogen (secondary N) is 1. The summed E-state index contributed by atoms with van der Waals surface area (Å²) in [6.07, 6.45) is 3.08. The first kappa shape index (κ1) is 21.4. The molecule has 0 atom stereocenters. The zero-order valence-electron chi connectivity index (χ0n) is 16.0. The Morgan fingerprint density at radius 2 is 1.70 bits per heavy atom. The summed E-state index contributed by atoms with van der Waals surface area (Å²) in [6.45, 7) is -0.257. The Morgan fingerprint density at radius 1 is 1.00 bits per heavy atom. The number of sulfonamides is 1. The van der Waals surface area contributed by atoms with Crippen molar-refractivity contribution < 1.29 is 23.2 Å². The number of amides is 1. The molecule has 2 N–H and O–H groups in total. The summed E-state index contributed by atoms with van der Waals surface area (Å²) in [5.74, 6) is -0.324. The number of aromatic nitrogens is 1. The molecule has 2 aromatic carbocycles. The molecular weight excluding hydrogens is 406 g/mol. The third-order valence-corrected chi connectivity index (χ3v) is 6.04. The summed E-state index contributed by atoms with van der Waals surface area (Å²) in [6, 6.07) is 18.9. The van der Waals surface area contributed by atoms with Crippen LogP contribution in [0.4, 0.5) is 0 Å². The molecule has 0 fully saturated rings. The molecule has 1 amide bonds. The lowest BCUT2D eigenvalue weighted by Crippen LogP contribution is -2.39. The fourth-order valence-electron chi connectivity index (χ4n) is 2.71. The average Bonchev–Trinajstić information content (AvgIpc) is 2.79. The highest BCUT2D eigenvalue weighted by molar-refractivity contribution is 7.89. The molecule has 9 heteroatoms. The second-order valence-electron chi connectivity index (χ2n) is 6.42. The third kappa shape index (κ3) is 5.63. The number of ether oxygens (including phenoxy) is 1. The van der Waals surface area contributed by atoms with E-state index in [2.05, 4.69) is 4.98 Å². The van der Waals surface area contributed by atoms with Gasteiger partial charge in [-0.05, 0) is 41.5 Å². The van der Waals surface area contributed by atoms with Crippen LogP contribution < -0.4 is 10.2 Å². The van der Waals surface area contributed by atoms with Crippen LogP contribution in [-0.4, -0.2) is 35.4 Å². The predicted molar refractivity (Wildman–Crippen MR) is 109 cm³/mol. The van der Waals surface area contributed by atoms with Crippen molar-refractivity contribution in [2.45, 2.75) is 18.0 Å². The number of nitrogens with zero attached hydrogens (tertiary/aromatic N) is 2. The smallest absolute Gasteiger partial charge is 0.258 e. The quantitative estimate of drug-likeness (QED) is 0.401. The van der Waals surface area contributed by atoms with E-state index in [1.165, 1.54) is 23.8 Å². The summed E-state index contributed by atoms with van der Waals surface area (Å²) in [4.78, 5) is 15.6. The Kier molecular flexibility index (Phi) is 7.12. The Morgan fingerprint density at radius 3 is 2.33 bits per heavy atom. The van der Waals surface area contributed by atoms with Crippen LogP contribution in [0.1, 0.15) is 11.1 Å². The minimum Gasteiger partial charge on any atom is -0.489 e. The number of pyridine rings is 1. The van der Waals surface area contributed by atoms with Gasteiger partial charge in [0.25, 0.3) is 5.91 Å². The number of carbonyl (C=O) groups excluding carboxylic acids is 1. The Bertz CT molecular complexity index is 1060. The molecule has 0 aliphatic carbocycles. The van der Waals surface area contributed by atoms with Crippen molar-refractivity contribution in [1.82, 2.24) is 14.8 Å². The molecule has 156 valence electrons. The van der Waals surface area contributed by atoms with E-state index < -0.39 is 22.5 Å². The molecule has 0 bridgehead atoms. The van der Waals surface area contributed by atoms with Gasteiger partial charge in [0, 0.05) is 18.9 Å². The van der Waals surface area contributed by atoms with Crippen LogP contribution in [0, 0.1) is 0 Å². The van der Waals surface area contributed by atoms with Crippen LogP contribution in [-0.2, 0) is 28.0 Å². The van der Waals surface area contributed by atoms with Gasteiger partial charge in [-0.25, -0.2) is 13.9 Å². The average molecular weight is 427 g/mol. The van der Waals surface area contributed by atoms with E-state index in [0.717, 1.165) is 9.87 Å². The van der Waals surface area contributed by atoms with Crippen molar-refractivity contribution in [3.8, 4) is 5.75 Å². The van der Waals surface area contributed by atoms with Gasteiger partial charge >= 0.3 is 0 Å².